The summed E-state index contributed by atoms with van der Waals surface area (Å²) in [7, 11) is 1.41. The van der Waals surface area contributed by atoms with Crippen LogP contribution in [-0.2, 0) is 4.79 Å². The monoisotopic (exact) mass is 242 g/mol. The van der Waals surface area contributed by atoms with Gasteiger partial charge in [0.05, 0.1) is 5.56 Å². The molecule has 0 fully saturated rings. The molecule has 1 aromatic heterocycles. The van der Waals surface area contributed by atoms with Gasteiger partial charge in [-0.25, -0.2) is 9.78 Å². The minimum absolute atomic E-state index is 0.0666. The number of rotatable bonds is 3. The van der Waals surface area contributed by atoms with Gasteiger partial charge >= 0.3 is 5.97 Å². The van der Waals surface area contributed by atoms with Gasteiger partial charge in [-0.3, -0.25) is 4.79 Å². The lowest BCUT2D eigenvalue weighted by atomic mass is 10.2. The number of amides is 1. The molecule has 0 spiro atoms. The summed E-state index contributed by atoms with van der Waals surface area (Å²) in [6.45, 7) is 1.42. The van der Waals surface area contributed by atoms with Gasteiger partial charge in [-0.2, -0.15) is 0 Å². The van der Waals surface area contributed by atoms with Crippen molar-refractivity contribution in [3.8, 4) is 0 Å². The van der Waals surface area contributed by atoms with Crippen molar-refractivity contribution in [1.29, 1.82) is 0 Å². The lowest BCUT2D eigenvalue weighted by Gasteiger charge is -2.21. The molecule has 86 valence electrons. The van der Waals surface area contributed by atoms with Crippen LogP contribution in [0.1, 0.15) is 17.3 Å². The number of likely N-dealkylation sites (N-methyl/N-ethyl adjacent to an activating group) is 1. The predicted molar refractivity (Wildman–Crippen MR) is 58.4 cm³/mol. The second kappa shape index (κ2) is 4.94. The van der Waals surface area contributed by atoms with E-state index in [1.807, 2.05) is 0 Å². The molecule has 6 heteroatoms. The molecular weight excluding hydrogens is 232 g/mol. The van der Waals surface area contributed by atoms with E-state index in [1.165, 1.54) is 26.2 Å². The molecule has 5 nitrogen and oxygen atoms in total. The van der Waals surface area contributed by atoms with Crippen molar-refractivity contribution in [2.45, 2.75) is 13.0 Å². The van der Waals surface area contributed by atoms with E-state index in [0.717, 1.165) is 4.90 Å². The molecule has 0 unspecified atom stereocenters. The van der Waals surface area contributed by atoms with Gasteiger partial charge in [0.25, 0.3) is 5.91 Å². The fraction of sp³-hybridized carbons (Fsp3) is 0.300. The number of aromatic nitrogens is 1. The predicted octanol–water partition coefficient (Wildman–Crippen LogP) is 1.28. The van der Waals surface area contributed by atoms with Gasteiger partial charge in [0.1, 0.15) is 11.2 Å². The molecule has 1 amide bonds. The van der Waals surface area contributed by atoms with Crippen LogP contribution in [-0.4, -0.2) is 40.0 Å². The highest BCUT2D eigenvalue weighted by molar-refractivity contribution is 6.32. The first-order valence-electron chi connectivity index (χ1n) is 4.55. The van der Waals surface area contributed by atoms with Crippen molar-refractivity contribution in [2.24, 2.45) is 0 Å². The van der Waals surface area contributed by atoms with Crippen molar-refractivity contribution < 1.29 is 14.7 Å². The Morgan fingerprint density at radius 3 is 2.69 bits per heavy atom. The first-order valence-corrected chi connectivity index (χ1v) is 4.93. The molecule has 1 N–H and O–H groups in total. The Bertz CT molecular complexity index is 422. The zero-order valence-electron chi connectivity index (χ0n) is 8.85. The molecule has 0 aliphatic heterocycles. The third kappa shape index (κ3) is 2.49. The number of nitrogens with zero attached hydrogens (tertiary/aromatic N) is 2. The van der Waals surface area contributed by atoms with E-state index < -0.39 is 17.9 Å². The number of hydrogen-bond acceptors (Lipinski definition) is 3. The van der Waals surface area contributed by atoms with Gasteiger partial charge in [0.2, 0.25) is 0 Å². The second-order valence-electron chi connectivity index (χ2n) is 3.27. The molecule has 1 rings (SSSR count). The average Bonchev–Trinajstić information content (AvgIpc) is 2.26. The van der Waals surface area contributed by atoms with Crippen molar-refractivity contribution in [3.63, 3.8) is 0 Å². The first-order chi connectivity index (χ1) is 7.45. The maximum atomic E-state index is 11.8. The number of halogens is 1. The molecule has 0 saturated heterocycles. The standard InChI is InChI=1S/C10H11ClN2O3/c1-6(10(15)16)13(2)9(14)7-4-3-5-12-8(7)11/h3-6H,1-2H3,(H,15,16)/t6-/m0/s1. The van der Waals surface area contributed by atoms with E-state index in [0.29, 0.717) is 0 Å². The average molecular weight is 243 g/mol. The van der Waals surface area contributed by atoms with Crippen LogP contribution >= 0.6 is 11.6 Å². The summed E-state index contributed by atoms with van der Waals surface area (Å²) in [6.07, 6.45) is 1.46. The van der Waals surface area contributed by atoms with Crippen LogP contribution in [0.2, 0.25) is 5.15 Å². The fourth-order valence-electron chi connectivity index (χ4n) is 1.08. The number of carboxylic acid groups (broad SMARTS) is 1. The summed E-state index contributed by atoms with van der Waals surface area (Å²) < 4.78 is 0. The molecule has 1 heterocycles. The second-order valence-corrected chi connectivity index (χ2v) is 3.63. The Kier molecular flexibility index (Phi) is 3.84. The Hall–Kier alpha value is -1.62. The zero-order valence-corrected chi connectivity index (χ0v) is 9.60. The Morgan fingerprint density at radius 1 is 1.56 bits per heavy atom. The minimum atomic E-state index is -1.07. The summed E-state index contributed by atoms with van der Waals surface area (Å²) in [5.74, 6) is -1.54. The van der Waals surface area contributed by atoms with Crippen molar-refractivity contribution >= 4 is 23.5 Å². The Morgan fingerprint density at radius 2 is 2.19 bits per heavy atom. The van der Waals surface area contributed by atoms with Crippen molar-refractivity contribution in [3.05, 3.63) is 29.0 Å². The third-order valence-electron chi connectivity index (χ3n) is 2.25. The van der Waals surface area contributed by atoms with Crippen LogP contribution in [0, 0.1) is 0 Å². The third-order valence-corrected chi connectivity index (χ3v) is 2.55. The lowest BCUT2D eigenvalue weighted by molar-refractivity contribution is -0.141. The van der Waals surface area contributed by atoms with E-state index in [9.17, 15) is 9.59 Å². The highest BCUT2D eigenvalue weighted by Gasteiger charge is 2.24. The van der Waals surface area contributed by atoms with Crippen molar-refractivity contribution in [1.82, 2.24) is 9.88 Å². The highest BCUT2D eigenvalue weighted by atomic mass is 35.5. The van der Waals surface area contributed by atoms with Crippen LogP contribution in [0.4, 0.5) is 0 Å². The van der Waals surface area contributed by atoms with Crippen LogP contribution < -0.4 is 0 Å². The SMILES string of the molecule is C[C@@H](C(=O)O)N(C)C(=O)c1cccnc1Cl. The molecule has 0 aliphatic rings. The molecule has 1 aromatic rings. The fourth-order valence-corrected chi connectivity index (χ4v) is 1.28. The largest absolute Gasteiger partial charge is 0.480 e. The summed E-state index contributed by atoms with van der Waals surface area (Å²) in [5.41, 5.74) is 0.194. The number of carbonyl (C=O) groups excluding carboxylic acids is 1. The van der Waals surface area contributed by atoms with Crippen LogP contribution in [0.15, 0.2) is 18.3 Å². The molecule has 0 saturated carbocycles. The summed E-state index contributed by atoms with van der Waals surface area (Å²) in [5, 5.41) is 8.84. The van der Waals surface area contributed by atoms with Crippen LogP contribution in [0.5, 0.6) is 0 Å². The molecule has 0 radical (unpaired) electrons. The van der Waals surface area contributed by atoms with Crippen molar-refractivity contribution in [2.75, 3.05) is 7.05 Å². The maximum absolute atomic E-state index is 11.8. The van der Waals surface area contributed by atoms with E-state index in [2.05, 4.69) is 4.98 Å². The van der Waals surface area contributed by atoms with Gasteiger partial charge in [-0.1, -0.05) is 11.6 Å². The summed E-state index contributed by atoms with van der Waals surface area (Å²) in [6, 6.07) is 2.16. The summed E-state index contributed by atoms with van der Waals surface area (Å²) >= 11 is 5.74. The van der Waals surface area contributed by atoms with Crippen LogP contribution in [0.3, 0.4) is 0 Å². The van der Waals surface area contributed by atoms with E-state index in [-0.39, 0.29) is 10.7 Å². The molecular formula is C10H11ClN2O3. The Balaban J connectivity index is 2.95. The summed E-state index contributed by atoms with van der Waals surface area (Å²) in [4.78, 5) is 27.4. The quantitative estimate of drug-likeness (QED) is 0.811. The normalized spacial score (nSPS) is 11.9. The topological polar surface area (TPSA) is 70.5 Å². The Labute approximate surface area is 97.7 Å². The van der Waals surface area contributed by atoms with Gasteiger partial charge in [-0.05, 0) is 19.1 Å². The number of carboxylic acids is 1. The zero-order chi connectivity index (χ0) is 12.3. The van der Waals surface area contributed by atoms with E-state index in [1.54, 1.807) is 6.07 Å². The highest BCUT2D eigenvalue weighted by Crippen LogP contribution is 2.14. The number of aliphatic carboxylic acids is 1. The number of hydrogen-bond donors (Lipinski definition) is 1. The molecule has 0 aliphatic carbocycles. The number of carbonyl (C=O) groups is 2. The molecule has 0 bridgehead atoms. The molecule has 16 heavy (non-hydrogen) atoms. The van der Waals surface area contributed by atoms with Gasteiger partial charge < -0.3 is 10.0 Å². The van der Waals surface area contributed by atoms with E-state index in [4.69, 9.17) is 16.7 Å². The molecule has 1 atom stereocenters. The minimum Gasteiger partial charge on any atom is -0.480 e. The maximum Gasteiger partial charge on any atom is 0.326 e. The van der Waals surface area contributed by atoms with Gasteiger partial charge in [0.15, 0.2) is 0 Å². The van der Waals surface area contributed by atoms with Gasteiger partial charge in [0, 0.05) is 13.2 Å². The molecule has 0 aromatic carbocycles. The van der Waals surface area contributed by atoms with E-state index >= 15 is 0 Å². The first kappa shape index (κ1) is 12.4. The number of pyridine rings is 1. The van der Waals surface area contributed by atoms with Crippen LogP contribution in [0.25, 0.3) is 0 Å². The smallest absolute Gasteiger partial charge is 0.326 e. The van der Waals surface area contributed by atoms with Gasteiger partial charge in [-0.15, -0.1) is 0 Å². The lowest BCUT2D eigenvalue weighted by Crippen LogP contribution is -2.40.